The van der Waals surface area contributed by atoms with Gasteiger partial charge in [-0.3, -0.25) is 0 Å². The lowest BCUT2D eigenvalue weighted by molar-refractivity contribution is 0.413. The smallest absolute Gasteiger partial charge is 0.119 e. The summed E-state index contributed by atoms with van der Waals surface area (Å²) in [6, 6.07) is 17.8. The Balaban J connectivity index is 0.00000161. The van der Waals surface area contributed by atoms with Crippen LogP contribution in [0.3, 0.4) is 0 Å². The first-order valence-corrected chi connectivity index (χ1v) is 7.23. The minimum atomic E-state index is 0. The number of benzene rings is 2. The normalized spacial score (nSPS) is 20.3. The average molecular weight is 304 g/mol. The van der Waals surface area contributed by atoms with Crippen molar-refractivity contribution in [3.63, 3.8) is 0 Å². The Morgan fingerprint density at radius 1 is 1.00 bits per heavy atom. The number of methoxy groups -OCH3 is 1. The van der Waals surface area contributed by atoms with Crippen molar-refractivity contribution in [1.29, 1.82) is 0 Å². The quantitative estimate of drug-likeness (QED) is 0.912. The summed E-state index contributed by atoms with van der Waals surface area (Å²) in [5.74, 6) is 1.42. The van der Waals surface area contributed by atoms with Gasteiger partial charge in [0.05, 0.1) is 7.11 Å². The van der Waals surface area contributed by atoms with Crippen molar-refractivity contribution in [1.82, 2.24) is 5.32 Å². The molecule has 0 unspecified atom stereocenters. The Labute approximate surface area is 132 Å². The number of hydrogen-bond acceptors (Lipinski definition) is 2. The van der Waals surface area contributed by atoms with Gasteiger partial charge < -0.3 is 10.1 Å². The summed E-state index contributed by atoms with van der Waals surface area (Å²) in [7, 11) is 3.78. The molecule has 2 aromatic rings. The number of ether oxygens (including phenoxy) is 1. The molecule has 0 heterocycles. The summed E-state index contributed by atoms with van der Waals surface area (Å²) in [6.45, 7) is 0. The highest BCUT2D eigenvalue weighted by Gasteiger charge is 2.27. The molecule has 3 heteroatoms. The van der Waals surface area contributed by atoms with Crippen molar-refractivity contribution >= 4 is 12.4 Å². The van der Waals surface area contributed by atoms with Crippen LogP contribution in [0.15, 0.2) is 48.5 Å². The van der Waals surface area contributed by atoms with E-state index in [1.807, 2.05) is 13.1 Å². The fourth-order valence-electron chi connectivity index (χ4n) is 3.29. The molecule has 3 rings (SSSR count). The molecule has 0 aromatic heterocycles. The van der Waals surface area contributed by atoms with Crippen molar-refractivity contribution in [3.05, 3.63) is 65.2 Å². The van der Waals surface area contributed by atoms with Crippen molar-refractivity contribution in [3.8, 4) is 5.75 Å². The number of halogens is 1. The molecule has 0 bridgehead atoms. The van der Waals surface area contributed by atoms with E-state index in [0.29, 0.717) is 12.0 Å². The Morgan fingerprint density at radius 3 is 2.48 bits per heavy atom. The van der Waals surface area contributed by atoms with Crippen LogP contribution in [0.1, 0.15) is 41.5 Å². The average Bonchev–Trinajstić information content (AvgIpc) is 2.54. The Hall–Kier alpha value is -1.51. The van der Waals surface area contributed by atoms with Gasteiger partial charge in [-0.05, 0) is 48.7 Å². The van der Waals surface area contributed by atoms with Crippen LogP contribution in [0.2, 0.25) is 0 Å². The van der Waals surface area contributed by atoms with E-state index in [-0.39, 0.29) is 12.4 Å². The van der Waals surface area contributed by atoms with Gasteiger partial charge in [0.25, 0.3) is 0 Å². The maximum Gasteiger partial charge on any atom is 0.119 e. The van der Waals surface area contributed by atoms with E-state index in [2.05, 4.69) is 47.8 Å². The predicted octanol–water partition coefficient (Wildman–Crippen LogP) is 4.30. The van der Waals surface area contributed by atoms with Crippen LogP contribution >= 0.6 is 12.4 Å². The lowest BCUT2D eigenvalue weighted by Gasteiger charge is -2.32. The summed E-state index contributed by atoms with van der Waals surface area (Å²) in [4.78, 5) is 0. The third-order valence-electron chi connectivity index (χ3n) is 4.34. The van der Waals surface area contributed by atoms with E-state index in [0.717, 1.165) is 5.75 Å². The molecule has 1 aliphatic rings. The zero-order valence-electron chi connectivity index (χ0n) is 12.5. The fourth-order valence-corrected chi connectivity index (χ4v) is 3.29. The van der Waals surface area contributed by atoms with Gasteiger partial charge in [0, 0.05) is 12.0 Å². The van der Waals surface area contributed by atoms with Gasteiger partial charge in [-0.2, -0.15) is 0 Å². The maximum absolute atomic E-state index is 5.36. The highest BCUT2D eigenvalue weighted by Crippen LogP contribution is 2.41. The second-order valence-electron chi connectivity index (χ2n) is 5.38. The lowest BCUT2D eigenvalue weighted by atomic mass is 9.77. The third kappa shape index (κ3) is 3.07. The van der Waals surface area contributed by atoms with Gasteiger partial charge in [-0.1, -0.05) is 36.4 Å². The van der Waals surface area contributed by atoms with E-state index >= 15 is 0 Å². The van der Waals surface area contributed by atoms with Crippen molar-refractivity contribution in [2.24, 2.45) is 0 Å². The Bertz CT molecular complexity index is 599. The summed E-state index contributed by atoms with van der Waals surface area (Å²) < 4.78 is 5.36. The van der Waals surface area contributed by atoms with E-state index in [4.69, 9.17) is 4.74 Å². The summed E-state index contributed by atoms with van der Waals surface area (Å²) >= 11 is 0. The molecular formula is C18H22ClNO. The zero-order valence-corrected chi connectivity index (χ0v) is 13.3. The topological polar surface area (TPSA) is 21.3 Å². The van der Waals surface area contributed by atoms with Gasteiger partial charge in [0.15, 0.2) is 0 Å². The van der Waals surface area contributed by atoms with Crippen LogP contribution in [0.5, 0.6) is 5.75 Å². The Morgan fingerprint density at radius 2 is 1.76 bits per heavy atom. The standard InChI is InChI=1S/C18H21NO.ClH/c1-19-18-11-10-15(16-8-3-4-9-17(16)18)13-6-5-7-14(12-13)20-2;/h3-9,12,15,18-19H,10-11H2,1-2H3;1H/t15-,18-;/m0./s1. The maximum atomic E-state index is 5.36. The monoisotopic (exact) mass is 303 g/mol. The molecule has 2 atom stereocenters. The Kier molecular flexibility index (Phi) is 5.27. The fraction of sp³-hybridized carbons (Fsp3) is 0.333. The van der Waals surface area contributed by atoms with Gasteiger partial charge in [0.2, 0.25) is 0 Å². The molecule has 1 aliphatic carbocycles. The molecule has 2 nitrogen and oxygen atoms in total. The van der Waals surface area contributed by atoms with Crippen LogP contribution in [0.25, 0.3) is 0 Å². The molecule has 0 amide bonds. The molecule has 1 N–H and O–H groups in total. The SMILES string of the molecule is CN[C@H]1CC[C@@H](c2cccc(OC)c2)c2ccccc21.Cl. The van der Waals surface area contributed by atoms with E-state index in [1.54, 1.807) is 7.11 Å². The van der Waals surface area contributed by atoms with Gasteiger partial charge in [-0.15, -0.1) is 12.4 Å². The molecule has 21 heavy (non-hydrogen) atoms. The minimum absolute atomic E-state index is 0. The summed E-state index contributed by atoms with van der Waals surface area (Å²) in [6.07, 6.45) is 2.35. The van der Waals surface area contributed by atoms with Gasteiger partial charge in [0.1, 0.15) is 5.75 Å². The first-order chi connectivity index (χ1) is 9.83. The van der Waals surface area contributed by atoms with Crippen LogP contribution in [-0.2, 0) is 0 Å². The summed E-state index contributed by atoms with van der Waals surface area (Å²) in [5.41, 5.74) is 4.24. The second-order valence-corrected chi connectivity index (χ2v) is 5.38. The first-order valence-electron chi connectivity index (χ1n) is 7.23. The number of rotatable bonds is 3. The number of hydrogen-bond donors (Lipinski definition) is 1. The molecule has 112 valence electrons. The third-order valence-corrected chi connectivity index (χ3v) is 4.34. The lowest BCUT2D eigenvalue weighted by Crippen LogP contribution is -2.24. The van der Waals surface area contributed by atoms with Gasteiger partial charge >= 0.3 is 0 Å². The largest absolute Gasteiger partial charge is 0.497 e. The molecule has 0 spiro atoms. The van der Waals surface area contributed by atoms with Gasteiger partial charge in [-0.25, -0.2) is 0 Å². The van der Waals surface area contributed by atoms with Crippen molar-refractivity contribution < 1.29 is 4.74 Å². The number of fused-ring (bicyclic) bond motifs is 1. The van der Waals surface area contributed by atoms with Crippen molar-refractivity contribution in [2.75, 3.05) is 14.2 Å². The highest BCUT2D eigenvalue weighted by molar-refractivity contribution is 5.85. The molecule has 0 fully saturated rings. The highest BCUT2D eigenvalue weighted by atomic mass is 35.5. The van der Waals surface area contributed by atoms with Crippen LogP contribution in [-0.4, -0.2) is 14.2 Å². The molecule has 2 aromatic carbocycles. The molecule has 0 aliphatic heterocycles. The van der Waals surface area contributed by atoms with Crippen molar-refractivity contribution in [2.45, 2.75) is 24.8 Å². The van der Waals surface area contributed by atoms with E-state index < -0.39 is 0 Å². The first kappa shape index (κ1) is 15.9. The van der Waals surface area contributed by atoms with E-state index in [1.165, 1.54) is 29.5 Å². The second kappa shape index (κ2) is 6.97. The predicted molar refractivity (Wildman–Crippen MR) is 89.6 cm³/mol. The van der Waals surface area contributed by atoms with Crippen LogP contribution in [0, 0.1) is 0 Å². The zero-order chi connectivity index (χ0) is 13.9. The van der Waals surface area contributed by atoms with Crippen LogP contribution < -0.4 is 10.1 Å². The van der Waals surface area contributed by atoms with E-state index in [9.17, 15) is 0 Å². The minimum Gasteiger partial charge on any atom is -0.497 e. The summed E-state index contributed by atoms with van der Waals surface area (Å²) in [5, 5.41) is 3.43. The molecule has 0 saturated heterocycles. The molecule has 0 radical (unpaired) electrons. The molecular weight excluding hydrogens is 282 g/mol. The van der Waals surface area contributed by atoms with Crippen LogP contribution in [0.4, 0.5) is 0 Å². The molecule has 0 saturated carbocycles. The number of nitrogens with one attached hydrogen (secondary N) is 1.